The Morgan fingerprint density at radius 2 is 1.94 bits per heavy atom. The summed E-state index contributed by atoms with van der Waals surface area (Å²) < 4.78 is 5.46. The molecular formula is C12H19ClN2O. The molecule has 1 heterocycles. The average molecular weight is 243 g/mol. The summed E-state index contributed by atoms with van der Waals surface area (Å²) in [6.45, 7) is 2.93. The highest BCUT2D eigenvalue weighted by atomic mass is 35.5. The van der Waals surface area contributed by atoms with Gasteiger partial charge in [-0.1, -0.05) is 39.0 Å². The number of unbranched alkanes of at least 4 members (excludes halogenated alkanes) is 5. The zero-order chi connectivity index (χ0) is 11.6. The number of ether oxygens (including phenoxy) is 1. The van der Waals surface area contributed by atoms with Crippen LogP contribution in [0, 0.1) is 0 Å². The lowest BCUT2D eigenvalue weighted by Gasteiger charge is -2.04. The minimum atomic E-state index is 0.237. The molecule has 0 aliphatic rings. The molecular weight excluding hydrogens is 224 g/mol. The lowest BCUT2D eigenvalue weighted by molar-refractivity contribution is 0.292. The first kappa shape index (κ1) is 13.2. The number of nitrogens with zero attached hydrogens (tertiary/aromatic N) is 2. The molecule has 4 heteroatoms. The van der Waals surface area contributed by atoms with Crippen LogP contribution in [0.4, 0.5) is 0 Å². The fourth-order valence-electron chi connectivity index (χ4n) is 1.46. The molecule has 0 saturated heterocycles. The predicted molar refractivity (Wildman–Crippen MR) is 65.9 cm³/mol. The third kappa shape index (κ3) is 5.91. The summed E-state index contributed by atoms with van der Waals surface area (Å²) in [6.07, 6.45) is 9.14. The highest BCUT2D eigenvalue weighted by Gasteiger charge is 1.97. The molecule has 0 fully saturated rings. The van der Waals surface area contributed by atoms with Gasteiger partial charge >= 0.3 is 0 Å². The lowest BCUT2D eigenvalue weighted by atomic mass is 10.1. The van der Waals surface area contributed by atoms with E-state index in [2.05, 4.69) is 16.9 Å². The molecule has 0 saturated carbocycles. The van der Waals surface area contributed by atoms with E-state index in [0.29, 0.717) is 12.5 Å². The Bertz CT molecular complexity index is 294. The Kier molecular flexibility index (Phi) is 6.90. The topological polar surface area (TPSA) is 35.0 Å². The van der Waals surface area contributed by atoms with Crippen LogP contribution in [0.25, 0.3) is 0 Å². The van der Waals surface area contributed by atoms with E-state index in [1.807, 2.05) is 0 Å². The van der Waals surface area contributed by atoms with Crippen LogP contribution in [0.2, 0.25) is 5.28 Å². The number of rotatable bonds is 8. The van der Waals surface area contributed by atoms with Crippen LogP contribution in [-0.4, -0.2) is 16.6 Å². The van der Waals surface area contributed by atoms with Crippen molar-refractivity contribution in [1.82, 2.24) is 9.97 Å². The van der Waals surface area contributed by atoms with E-state index in [4.69, 9.17) is 16.3 Å². The molecule has 0 amide bonds. The smallest absolute Gasteiger partial charge is 0.225 e. The van der Waals surface area contributed by atoms with Crippen molar-refractivity contribution in [3.63, 3.8) is 0 Å². The lowest BCUT2D eigenvalue weighted by Crippen LogP contribution is -1.99. The largest absolute Gasteiger partial charge is 0.478 e. The Morgan fingerprint density at radius 1 is 1.19 bits per heavy atom. The van der Waals surface area contributed by atoms with Crippen molar-refractivity contribution in [2.45, 2.75) is 45.4 Å². The number of aromatic nitrogens is 2. The van der Waals surface area contributed by atoms with Gasteiger partial charge < -0.3 is 4.74 Å². The minimum absolute atomic E-state index is 0.237. The molecule has 0 unspecified atom stereocenters. The third-order valence-electron chi connectivity index (χ3n) is 2.35. The van der Waals surface area contributed by atoms with E-state index in [9.17, 15) is 0 Å². The standard InChI is InChI=1S/C12H19ClN2O/c1-2-3-4-5-6-7-10-16-11-8-9-14-12(13)15-11/h8-9H,2-7,10H2,1H3. The molecule has 0 atom stereocenters. The molecule has 1 rings (SSSR count). The fraction of sp³-hybridized carbons (Fsp3) is 0.667. The van der Waals surface area contributed by atoms with E-state index < -0.39 is 0 Å². The normalized spacial score (nSPS) is 10.4. The number of halogens is 1. The van der Waals surface area contributed by atoms with E-state index in [-0.39, 0.29) is 5.28 Å². The monoisotopic (exact) mass is 242 g/mol. The van der Waals surface area contributed by atoms with Gasteiger partial charge in [-0.3, -0.25) is 0 Å². The Labute approximate surface area is 102 Å². The molecule has 0 N–H and O–H groups in total. The first-order chi connectivity index (χ1) is 7.83. The maximum atomic E-state index is 5.64. The molecule has 0 aromatic carbocycles. The highest BCUT2D eigenvalue weighted by Crippen LogP contribution is 2.10. The Hall–Kier alpha value is -0.830. The summed E-state index contributed by atoms with van der Waals surface area (Å²) in [5, 5.41) is 0.237. The summed E-state index contributed by atoms with van der Waals surface area (Å²) in [6, 6.07) is 1.73. The van der Waals surface area contributed by atoms with Gasteiger partial charge in [-0.25, -0.2) is 4.98 Å². The van der Waals surface area contributed by atoms with E-state index in [0.717, 1.165) is 6.42 Å². The van der Waals surface area contributed by atoms with Gasteiger partial charge in [0.25, 0.3) is 0 Å². The first-order valence-electron chi connectivity index (χ1n) is 5.94. The molecule has 0 aliphatic heterocycles. The van der Waals surface area contributed by atoms with Crippen LogP contribution in [-0.2, 0) is 0 Å². The third-order valence-corrected chi connectivity index (χ3v) is 2.53. The van der Waals surface area contributed by atoms with Crippen molar-refractivity contribution in [3.05, 3.63) is 17.5 Å². The van der Waals surface area contributed by atoms with Crippen LogP contribution in [0.1, 0.15) is 45.4 Å². The van der Waals surface area contributed by atoms with Crippen LogP contribution in [0.3, 0.4) is 0 Å². The molecule has 0 aliphatic carbocycles. The molecule has 0 spiro atoms. The molecule has 90 valence electrons. The first-order valence-corrected chi connectivity index (χ1v) is 6.32. The van der Waals surface area contributed by atoms with E-state index >= 15 is 0 Å². The number of hydrogen-bond acceptors (Lipinski definition) is 3. The summed E-state index contributed by atoms with van der Waals surface area (Å²) >= 11 is 5.64. The van der Waals surface area contributed by atoms with Crippen molar-refractivity contribution in [2.24, 2.45) is 0 Å². The van der Waals surface area contributed by atoms with E-state index in [1.54, 1.807) is 12.3 Å². The maximum Gasteiger partial charge on any atom is 0.225 e. The van der Waals surface area contributed by atoms with Crippen molar-refractivity contribution in [3.8, 4) is 5.88 Å². The van der Waals surface area contributed by atoms with Crippen LogP contribution < -0.4 is 4.74 Å². The Morgan fingerprint density at radius 3 is 2.69 bits per heavy atom. The highest BCUT2D eigenvalue weighted by molar-refractivity contribution is 6.28. The molecule has 0 bridgehead atoms. The summed E-state index contributed by atoms with van der Waals surface area (Å²) in [5.74, 6) is 0.563. The van der Waals surface area contributed by atoms with Gasteiger partial charge in [-0.2, -0.15) is 4.98 Å². The zero-order valence-electron chi connectivity index (χ0n) is 9.79. The minimum Gasteiger partial charge on any atom is -0.478 e. The second-order valence-electron chi connectivity index (χ2n) is 3.78. The van der Waals surface area contributed by atoms with Gasteiger partial charge in [-0.05, 0) is 18.0 Å². The van der Waals surface area contributed by atoms with Crippen molar-refractivity contribution in [1.29, 1.82) is 0 Å². The number of hydrogen-bond donors (Lipinski definition) is 0. The van der Waals surface area contributed by atoms with Crippen molar-refractivity contribution >= 4 is 11.6 Å². The van der Waals surface area contributed by atoms with Crippen LogP contribution in [0.5, 0.6) is 5.88 Å². The van der Waals surface area contributed by atoms with Gasteiger partial charge in [0, 0.05) is 12.3 Å². The molecule has 1 aromatic heterocycles. The van der Waals surface area contributed by atoms with Crippen molar-refractivity contribution in [2.75, 3.05) is 6.61 Å². The zero-order valence-corrected chi connectivity index (χ0v) is 10.5. The Balaban J connectivity index is 2.03. The molecule has 16 heavy (non-hydrogen) atoms. The fourth-order valence-corrected chi connectivity index (χ4v) is 1.60. The van der Waals surface area contributed by atoms with Gasteiger partial charge in [0.1, 0.15) is 0 Å². The average Bonchev–Trinajstić information content (AvgIpc) is 2.28. The maximum absolute atomic E-state index is 5.64. The van der Waals surface area contributed by atoms with Gasteiger partial charge in [-0.15, -0.1) is 0 Å². The summed E-state index contributed by atoms with van der Waals surface area (Å²) in [7, 11) is 0. The quantitative estimate of drug-likeness (QED) is 0.513. The van der Waals surface area contributed by atoms with Crippen LogP contribution in [0.15, 0.2) is 12.3 Å². The summed E-state index contributed by atoms with van der Waals surface area (Å²) in [4.78, 5) is 7.74. The summed E-state index contributed by atoms with van der Waals surface area (Å²) in [5.41, 5.74) is 0. The van der Waals surface area contributed by atoms with Gasteiger partial charge in [0.05, 0.1) is 6.61 Å². The molecule has 3 nitrogen and oxygen atoms in total. The molecule has 0 radical (unpaired) electrons. The van der Waals surface area contributed by atoms with Crippen LogP contribution >= 0.6 is 11.6 Å². The van der Waals surface area contributed by atoms with E-state index in [1.165, 1.54) is 32.1 Å². The predicted octanol–water partition coefficient (Wildman–Crippen LogP) is 3.87. The van der Waals surface area contributed by atoms with Crippen molar-refractivity contribution < 1.29 is 4.74 Å². The van der Waals surface area contributed by atoms with Gasteiger partial charge in [0.2, 0.25) is 11.2 Å². The second kappa shape index (κ2) is 8.34. The SMILES string of the molecule is CCCCCCCCOc1ccnc(Cl)n1. The molecule has 1 aromatic rings. The van der Waals surface area contributed by atoms with Gasteiger partial charge in [0.15, 0.2) is 0 Å². The second-order valence-corrected chi connectivity index (χ2v) is 4.12.